The van der Waals surface area contributed by atoms with Gasteiger partial charge in [0, 0.05) is 24.2 Å². The van der Waals surface area contributed by atoms with Crippen molar-refractivity contribution in [1.29, 1.82) is 0 Å². The fourth-order valence-corrected chi connectivity index (χ4v) is 2.11. The first-order valence-electron chi connectivity index (χ1n) is 5.55. The third-order valence-electron chi connectivity index (χ3n) is 3.17. The lowest BCUT2D eigenvalue weighted by Gasteiger charge is -2.26. The molecule has 0 radical (unpaired) electrons. The molecule has 0 saturated carbocycles. The Labute approximate surface area is 89.5 Å². The van der Waals surface area contributed by atoms with E-state index in [2.05, 4.69) is 41.1 Å². The van der Waals surface area contributed by atoms with Gasteiger partial charge in [0.1, 0.15) is 0 Å². The summed E-state index contributed by atoms with van der Waals surface area (Å²) in [6.07, 6.45) is 3.42. The Morgan fingerprint density at radius 3 is 2.87 bits per heavy atom. The van der Waals surface area contributed by atoms with E-state index in [1.54, 1.807) is 0 Å². The molecule has 0 spiro atoms. The minimum atomic E-state index is 0.783. The molecule has 1 aliphatic rings. The number of aromatic nitrogens is 1. The first-order chi connectivity index (χ1) is 7.43. The van der Waals surface area contributed by atoms with Crippen LogP contribution < -0.4 is 0 Å². The molecule has 0 aliphatic carbocycles. The molecule has 1 aromatic heterocycles. The summed E-state index contributed by atoms with van der Waals surface area (Å²) >= 11 is 0. The average molecular weight is 201 g/mol. The molecule has 2 nitrogen and oxygen atoms in total. The molecule has 1 saturated heterocycles. The van der Waals surface area contributed by atoms with E-state index >= 15 is 0 Å². The second-order valence-electron chi connectivity index (χ2n) is 4.26. The zero-order valence-electron chi connectivity index (χ0n) is 8.73. The minimum Gasteiger partial charge on any atom is -0.381 e. The van der Waals surface area contributed by atoms with Crippen molar-refractivity contribution in [1.82, 2.24) is 4.57 Å². The number of hydrogen-bond donors (Lipinski definition) is 0. The van der Waals surface area contributed by atoms with Gasteiger partial charge < -0.3 is 9.30 Å². The molecule has 0 atom stereocenters. The summed E-state index contributed by atoms with van der Waals surface area (Å²) in [6, 6.07) is 10.7. The number of rotatable bonds is 3. The predicted molar refractivity (Wildman–Crippen MR) is 60.9 cm³/mol. The van der Waals surface area contributed by atoms with Crippen molar-refractivity contribution in [2.45, 2.75) is 13.0 Å². The number of nitrogens with zero attached hydrogens (tertiary/aromatic N) is 1. The van der Waals surface area contributed by atoms with Gasteiger partial charge in [-0.25, -0.2) is 0 Å². The standard InChI is InChI=1S/C13H15NO/c1-2-4-13-12(3-1)6-8-14(13)7-5-11-9-15-10-11/h1-4,6,8,11H,5,7,9-10H2. The molecule has 0 N–H and O–H groups in total. The van der Waals surface area contributed by atoms with Gasteiger partial charge in [0.05, 0.1) is 13.2 Å². The number of benzene rings is 1. The molecule has 1 fully saturated rings. The van der Waals surface area contributed by atoms with Gasteiger partial charge in [-0.15, -0.1) is 0 Å². The fraction of sp³-hybridized carbons (Fsp3) is 0.385. The topological polar surface area (TPSA) is 14.2 Å². The number of para-hydroxylation sites is 1. The Bertz CT molecular complexity index is 456. The van der Waals surface area contributed by atoms with Crippen LogP contribution in [0.1, 0.15) is 6.42 Å². The van der Waals surface area contributed by atoms with Crippen molar-refractivity contribution in [2.75, 3.05) is 13.2 Å². The molecule has 15 heavy (non-hydrogen) atoms. The van der Waals surface area contributed by atoms with Crippen LogP contribution >= 0.6 is 0 Å². The third-order valence-corrected chi connectivity index (χ3v) is 3.17. The molecule has 78 valence electrons. The van der Waals surface area contributed by atoms with E-state index in [1.165, 1.54) is 17.3 Å². The SMILES string of the molecule is c1ccc2c(c1)ccn2CCC1COC1. The smallest absolute Gasteiger partial charge is 0.0517 e. The summed E-state index contributed by atoms with van der Waals surface area (Å²) in [5.74, 6) is 0.783. The van der Waals surface area contributed by atoms with E-state index < -0.39 is 0 Å². The lowest BCUT2D eigenvalue weighted by atomic mass is 10.0. The van der Waals surface area contributed by atoms with E-state index in [4.69, 9.17) is 4.74 Å². The van der Waals surface area contributed by atoms with Gasteiger partial charge in [-0.3, -0.25) is 0 Å². The summed E-state index contributed by atoms with van der Waals surface area (Å²) in [5.41, 5.74) is 1.35. The van der Waals surface area contributed by atoms with Crippen LogP contribution in [-0.2, 0) is 11.3 Å². The Morgan fingerprint density at radius 2 is 2.07 bits per heavy atom. The van der Waals surface area contributed by atoms with Crippen LogP contribution in [0.15, 0.2) is 36.5 Å². The Hall–Kier alpha value is -1.28. The molecule has 0 bridgehead atoms. The number of hydrogen-bond acceptors (Lipinski definition) is 1. The molecule has 2 heteroatoms. The largest absolute Gasteiger partial charge is 0.381 e. The maximum Gasteiger partial charge on any atom is 0.0517 e. The maximum absolute atomic E-state index is 5.18. The van der Waals surface area contributed by atoms with Crippen molar-refractivity contribution >= 4 is 10.9 Å². The summed E-state index contributed by atoms with van der Waals surface area (Å²) in [7, 11) is 0. The predicted octanol–water partition coefficient (Wildman–Crippen LogP) is 2.68. The van der Waals surface area contributed by atoms with E-state index in [0.29, 0.717) is 0 Å². The maximum atomic E-state index is 5.18. The highest BCUT2D eigenvalue weighted by Gasteiger charge is 2.17. The second-order valence-corrected chi connectivity index (χ2v) is 4.26. The zero-order chi connectivity index (χ0) is 10.1. The lowest BCUT2D eigenvalue weighted by Crippen LogP contribution is -2.28. The van der Waals surface area contributed by atoms with Crippen LogP contribution in [0.2, 0.25) is 0 Å². The highest BCUT2D eigenvalue weighted by molar-refractivity contribution is 5.79. The first-order valence-corrected chi connectivity index (χ1v) is 5.55. The molecule has 3 rings (SSSR count). The summed E-state index contributed by atoms with van der Waals surface area (Å²) in [4.78, 5) is 0. The van der Waals surface area contributed by atoms with Gasteiger partial charge in [0.2, 0.25) is 0 Å². The van der Waals surface area contributed by atoms with Crippen molar-refractivity contribution in [3.63, 3.8) is 0 Å². The summed E-state index contributed by atoms with van der Waals surface area (Å²) in [5, 5.41) is 1.34. The highest BCUT2D eigenvalue weighted by atomic mass is 16.5. The van der Waals surface area contributed by atoms with Gasteiger partial charge in [-0.05, 0) is 23.9 Å². The number of aryl methyl sites for hydroxylation is 1. The van der Waals surface area contributed by atoms with Crippen LogP contribution in [0.3, 0.4) is 0 Å². The molecule has 1 aliphatic heterocycles. The highest BCUT2D eigenvalue weighted by Crippen LogP contribution is 2.19. The molecular weight excluding hydrogens is 186 g/mol. The molecule has 2 heterocycles. The number of ether oxygens (including phenoxy) is 1. The first kappa shape index (κ1) is 8.98. The zero-order valence-corrected chi connectivity index (χ0v) is 8.73. The van der Waals surface area contributed by atoms with Gasteiger partial charge in [0.15, 0.2) is 0 Å². The Kier molecular flexibility index (Phi) is 2.22. The van der Waals surface area contributed by atoms with E-state index in [1.807, 2.05) is 0 Å². The molecule has 2 aromatic rings. The molecule has 0 unspecified atom stereocenters. The normalized spacial score (nSPS) is 16.8. The monoisotopic (exact) mass is 201 g/mol. The molecular formula is C13H15NO. The average Bonchev–Trinajstić information content (AvgIpc) is 2.60. The van der Waals surface area contributed by atoms with E-state index in [-0.39, 0.29) is 0 Å². The van der Waals surface area contributed by atoms with Gasteiger partial charge in [0.25, 0.3) is 0 Å². The lowest BCUT2D eigenvalue weighted by molar-refractivity contribution is -0.0370. The van der Waals surface area contributed by atoms with Gasteiger partial charge in [-0.1, -0.05) is 18.2 Å². The third kappa shape index (κ3) is 1.65. The van der Waals surface area contributed by atoms with Crippen molar-refractivity contribution in [3.8, 4) is 0 Å². The van der Waals surface area contributed by atoms with Crippen LogP contribution in [0.5, 0.6) is 0 Å². The van der Waals surface area contributed by atoms with Crippen LogP contribution in [0.25, 0.3) is 10.9 Å². The van der Waals surface area contributed by atoms with Gasteiger partial charge in [-0.2, -0.15) is 0 Å². The van der Waals surface area contributed by atoms with Crippen LogP contribution in [0.4, 0.5) is 0 Å². The van der Waals surface area contributed by atoms with Crippen molar-refractivity contribution in [3.05, 3.63) is 36.5 Å². The Balaban J connectivity index is 1.78. The van der Waals surface area contributed by atoms with Crippen LogP contribution in [0, 0.1) is 5.92 Å². The van der Waals surface area contributed by atoms with E-state index in [9.17, 15) is 0 Å². The number of fused-ring (bicyclic) bond motifs is 1. The fourth-order valence-electron chi connectivity index (χ4n) is 2.11. The van der Waals surface area contributed by atoms with Crippen LogP contribution in [-0.4, -0.2) is 17.8 Å². The summed E-state index contributed by atoms with van der Waals surface area (Å²) in [6.45, 7) is 3.03. The minimum absolute atomic E-state index is 0.783. The molecule has 0 amide bonds. The summed E-state index contributed by atoms with van der Waals surface area (Å²) < 4.78 is 7.52. The van der Waals surface area contributed by atoms with Crippen molar-refractivity contribution in [2.24, 2.45) is 5.92 Å². The van der Waals surface area contributed by atoms with E-state index in [0.717, 1.165) is 25.7 Å². The van der Waals surface area contributed by atoms with Crippen molar-refractivity contribution < 1.29 is 4.74 Å². The Morgan fingerprint density at radius 1 is 1.20 bits per heavy atom. The molecule has 1 aromatic carbocycles. The quantitative estimate of drug-likeness (QED) is 0.744. The van der Waals surface area contributed by atoms with Gasteiger partial charge >= 0.3 is 0 Å². The second kappa shape index (κ2) is 3.70.